The van der Waals surface area contributed by atoms with Crippen LogP contribution in [0.15, 0.2) is 42.9 Å². The molecule has 0 aliphatic rings. The van der Waals surface area contributed by atoms with Crippen LogP contribution in [0.25, 0.3) is 11.3 Å². The molecule has 6 heteroatoms. The lowest BCUT2D eigenvalue weighted by Crippen LogP contribution is -2.28. The van der Waals surface area contributed by atoms with Crippen molar-refractivity contribution in [2.75, 3.05) is 5.75 Å². The molecule has 0 amide bonds. The highest BCUT2D eigenvalue weighted by molar-refractivity contribution is 7.89. The van der Waals surface area contributed by atoms with Gasteiger partial charge in [-0.15, -0.1) is 0 Å². The third-order valence-electron chi connectivity index (χ3n) is 2.85. The second-order valence-electron chi connectivity index (χ2n) is 5.28. The molecule has 21 heavy (non-hydrogen) atoms. The first-order valence-electron chi connectivity index (χ1n) is 6.79. The minimum atomic E-state index is -3.24. The van der Waals surface area contributed by atoms with Crippen LogP contribution in [0.1, 0.15) is 19.4 Å². The van der Waals surface area contributed by atoms with Crippen molar-refractivity contribution in [1.82, 2.24) is 14.7 Å². The van der Waals surface area contributed by atoms with E-state index in [-0.39, 0.29) is 18.2 Å². The van der Waals surface area contributed by atoms with E-state index < -0.39 is 10.0 Å². The predicted molar refractivity (Wildman–Crippen MR) is 82.9 cm³/mol. The van der Waals surface area contributed by atoms with Crippen molar-refractivity contribution in [3.8, 4) is 11.3 Å². The van der Waals surface area contributed by atoms with Gasteiger partial charge in [0.05, 0.1) is 11.4 Å². The summed E-state index contributed by atoms with van der Waals surface area (Å²) in [5.74, 6) is 0.238. The van der Waals surface area contributed by atoms with E-state index >= 15 is 0 Å². The first-order valence-corrected chi connectivity index (χ1v) is 8.44. The molecule has 0 spiro atoms. The van der Waals surface area contributed by atoms with Crippen molar-refractivity contribution in [2.24, 2.45) is 5.92 Å². The summed E-state index contributed by atoms with van der Waals surface area (Å²) >= 11 is 0. The molecular formula is C15H19N3O2S. The topological polar surface area (TPSA) is 72.0 Å². The Balaban J connectivity index is 2.09. The molecule has 112 valence electrons. The van der Waals surface area contributed by atoms with Gasteiger partial charge in [0.15, 0.2) is 0 Å². The number of nitrogens with one attached hydrogen (secondary N) is 1. The summed E-state index contributed by atoms with van der Waals surface area (Å²) in [4.78, 5) is 8.27. The Morgan fingerprint density at radius 2 is 1.86 bits per heavy atom. The molecule has 2 rings (SSSR count). The summed E-state index contributed by atoms with van der Waals surface area (Å²) in [6.07, 6.45) is 5.09. The Labute approximate surface area is 125 Å². The van der Waals surface area contributed by atoms with Crippen LogP contribution < -0.4 is 4.72 Å². The van der Waals surface area contributed by atoms with Crippen LogP contribution in [0.5, 0.6) is 0 Å². The van der Waals surface area contributed by atoms with Crippen molar-refractivity contribution >= 4 is 10.0 Å². The van der Waals surface area contributed by atoms with E-state index in [4.69, 9.17) is 0 Å². The maximum atomic E-state index is 11.8. The van der Waals surface area contributed by atoms with Crippen LogP contribution in [-0.2, 0) is 16.6 Å². The van der Waals surface area contributed by atoms with Crippen molar-refractivity contribution < 1.29 is 8.42 Å². The fraction of sp³-hybridized carbons (Fsp3) is 0.333. The molecule has 0 saturated carbocycles. The van der Waals surface area contributed by atoms with Gasteiger partial charge in [-0.05, 0) is 35.7 Å². The van der Waals surface area contributed by atoms with Gasteiger partial charge in [0.1, 0.15) is 0 Å². The summed E-state index contributed by atoms with van der Waals surface area (Å²) in [7, 11) is -3.24. The quantitative estimate of drug-likeness (QED) is 0.888. The second kappa shape index (κ2) is 6.78. The maximum Gasteiger partial charge on any atom is 0.212 e. The number of pyridine rings is 2. The van der Waals surface area contributed by atoms with Crippen LogP contribution in [0.2, 0.25) is 0 Å². The van der Waals surface area contributed by atoms with Gasteiger partial charge in [-0.2, -0.15) is 0 Å². The SMILES string of the molecule is CC(C)CS(=O)(=O)NCc1ccnc(-c2ccncc2)c1. The molecule has 0 bridgehead atoms. The molecule has 0 aliphatic heterocycles. The smallest absolute Gasteiger partial charge is 0.212 e. The average Bonchev–Trinajstić information content (AvgIpc) is 2.45. The molecule has 2 heterocycles. The molecule has 5 nitrogen and oxygen atoms in total. The van der Waals surface area contributed by atoms with Crippen LogP contribution in [0.4, 0.5) is 0 Å². The highest BCUT2D eigenvalue weighted by atomic mass is 32.2. The van der Waals surface area contributed by atoms with Gasteiger partial charge in [0, 0.05) is 30.7 Å². The van der Waals surface area contributed by atoms with Crippen molar-refractivity contribution in [2.45, 2.75) is 20.4 Å². The molecule has 0 atom stereocenters. The van der Waals surface area contributed by atoms with Crippen molar-refractivity contribution in [3.05, 3.63) is 48.4 Å². The van der Waals surface area contributed by atoms with E-state index in [9.17, 15) is 8.42 Å². The van der Waals surface area contributed by atoms with E-state index in [0.717, 1.165) is 16.8 Å². The maximum absolute atomic E-state index is 11.8. The number of hydrogen-bond donors (Lipinski definition) is 1. The van der Waals surface area contributed by atoms with Gasteiger partial charge in [-0.25, -0.2) is 13.1 Å². The molecule has 0 saturated heterocycles. The summed E-state index contributed by atoms with van der Waals surface area (Å²) < 4.78 is 26.3. The summed E-state index contributed by atoms with van der Waals surface area (Å²) in [5, 5.41) is 0. The minimum absolute atomic E-state index is 0.104. The monoisotopic (exact) mass is 305 g/mol. The van der Waals surface area contributed by atoms with Gasteiger partial charge in [-0.1, -0.05) is 13.8 Å². The van der Waals surface area contributed by atoms with Crippen molar-refractivity contribution in [3.63, 3.8) is 0 Å². The zero-order valence-electron chi connectivity index (χ0n) is 12.2. The number of nitrogens with zero attached hydrogens (tertiary/aromatic N) is 2. The third kappa shape index (κ3) is 4.91. The summed E-state index contributed by atoms with van der Waals surface area (Å²) in [5.41, 5.74) is 2.64. The third-order valence-corrected chi connectivity index (χ3v) is 4.54. The van der Waals surface area contributed by atoms with E-state index in [1.54, 1.807) is 18.6 Å². The van der Waals surface area contributed by atoms with E-state index in [1.807, 2.05) is 38.1 Å². The lowest BCUT2D eigenvalue weighted by atomic mass is 10.1. The summed E-state index contributed by atoms with van der Waals surface area (Å²) in [6.45, 7) is 4.04. The Kier molecular flexibility index (Phi) is 5.03. The first kappa shape index (κ1) is 15.6. The Hall–Kier alpha value is -1.79. The van der Waals surface area contributed by atoms with Gasteiger partial charge in [0.25, 0.3) is 0 Å². The Morgan fingerprint density at radius 3 is 2.52 bits per heavy atom. The highest BCUT2D eigenvalue weighted by Gasteiger charge is 2.12. The lowest BCUT2D eigenvalue weighted by molar-refractivity contribution is 0.568. The van der Waals surface area contributed by atoms with Gasteiger partial charge >= 0.3 is 0 Å². The molecule has 0 radical (unpaired) electrons. The molecule has 0 aromatic carbocycles. The molecular weight excluding hydrogens is 286 g/mol. The average molecular weight is 305 g/mol. The number of aromatic nitrogens is 2. The minimum Gasteiger partial charge on any atom is -0.265 e. The Bertz CT molecular complexity index is 685. The van der Waals surface area contributed by atoms with Crippen LogP contribution in [0.3, 0.4) is 0 Å². The van der Waals surface area contributed by atoms with Gasteiger partial charge < -0.3 is 0 Å². The zero-order valence-corrected chi connectivity index (χ0v) is 13.0. The van der Waals surface area contributed by atoms with E-state index in [2.05, 4.69) is 14.7 Å². The Morgan fingerprint density at radius 1 is 1.14 bits per heavy atom. The van der Waals surface area contributed by atoms with Gasteiger partial charge in [0.2, 0.25) is 10.0 Å². The normalized spacial score (nSPS) is 11.8. The summed E-state index contributed by atoms with van der Waals surface area (Å²) in [6, 6.07) is 7.43. The molecule has 2 aromatic heterocycles. The predicted octanol–water partition coefficient (Wildman–Crippen LogP) is 2.22. The number of sulfonamides is 1. The van der Waals surface area contributed by atoms with Gasteiger partial charge in [-0.3, -0.25) is 9.97 Å². The highest BCUT2D eigenvalue weighted by Crippen LogP contribution is 2.16. The second-order valence-corrected chi connectivity index (χ2v) is 7.13. The standard InChI is InChI=1S/C15H19N3O2S/c1-12(2)11-21(19,20)18-10-13-3-8-17-15(9-13)14-4-6-16-7-5-14/h3-9,12,18H,10-11H2,1-2H3. The molecule has 2 aromatic rings. The molecule has 1 N–H and O–H groups in total. The fourth-order valence-corrected chi connectivity index (χ4v) is 3.34. The largest absolute Gasteiger partial charge is 0.265 e. The van der Waals surface area contributed by atoms with E-state index in [1.165, 1.54) is 0 Å². The van der Waals surface area contributed by atoms with Crippen LogP contribution in [0, 0.1) is 5.92 Å². The van der Waals surface area contributed by atoms with Crippen molar-refractivity contribution in [1.29, 1.82) is 0 Å². The molecule has 0 fully saturated rings. The van der Waals surface area contributed by atoms with Crippen LogP contribution >= 0.6 is 0 Å². The molecule has 0 aliphatic carbocycles. The van der Waals surface area contributed by atoms with E-state index in [0.29, 0.717) is 0 Å². The first-order chi connectivity index (χ1) is 9.96. The number of rotatable bonds is 6. The lowest BCUT2D eigenvalue weighted by Gasteiger charge is -2.09. The number of hydrogen-bond acceptors (Lipinski definition) is 4. The van der Waals surface area contributed by atoms with Crippen LogP contribution in [-0.4, -0.2) is 24.1 Å². The fourth-order valence-electron chi connectivity index (χ4n) is 1.96. The molecule has 0 unspecified atom stereocenters. The zero-order chi connectivity index (χ0) is 15.3.